The summed E-state index contributed by atoms with van der Waals surface area (Å²) in [6.07, 6.45) is 5.64. The Morgan fingerprint density at radius 3 is 2.60 bits per heavy atom. The Morgan fingerprint density at radius 1 is 1.32 bits per heavy atom. The second-order valence-electron chi connectivity index (χ2n) is 6.82. The molecule has 25 heavy (non-hydrogen) atoms. The van der Waals surface area contributed by atoms with Gasteiger partial charge in [-0.3, -0.25) is 0 Å². The molecule has 1 aliphatic carbocycles. The van der Waals surface area contributed by atoms with E-state index in [1.165, 1.54) is 6.26 Å². The fourth-order valence-electron chi connectivity index (χ4n) is 2.92. The maximum atomic E-state index is 11.5. The van der Waals surface area contributed by atoms with Crippen molar-refractivity contribution >= 4 is 32.2 Å². The quantitative estimate of drug-likeness (QED) is 0.797. The SMILES string of the molecule is CC[C@](C)(O)c1cnc(OC2CC(S(C)(=O)=O)C2)c2cnc(Cl)cc12. The minimum absolute atomic E-state index is 0.191. The topological polar surface area (TPSA) is 89.4 Å². The number of aromatic nitrogens is 2. The molecule has 2 aromatic heterocycles. The Balaban J connectivity index is 1.95. The standard InChI is InChI=1S/C17H21ClN2O4S/c1-4-17(2,21)14-9-20-16(13-8-19-15(18)7-12(13)14)24-10-5-11(6-10)25(3,22)23/h7-11,21H,4-6H2,1-3H3/t10?,11?,17-/m0/s1. The largest absolute Gasteiger partial charge is 0.474 e. The Kier molecular flexibility index (Phi) is 4.68. The third kappa shape index (κ3) is 3.59. The normalized spacial score (nSPS) is 23.1. The smallest absolute Gasteiger partial charge is 0.223 e. The van der Waals surface area contributed by atoms with Crippen molar-refractivity contribution in [2.24, 2.45) is 0 Å². The van der Waals surface area contributed by atoms with Crippen LogP contribution in [0.5, 0.6) is 5.88 Å². The average molecular weight is 385 g/mol. The Labute approximate surface area is 152 Å². The molecule has 0 bridgehead atoms. The first-order valence-corrected chi connectivity index (χ1v) is 10.5. The zero-order valence-electron chi connectivity index (χ0n) is 14.4. The van der Waals surface area contributed by atoms with Crippen LogP contribution in [0.3, 0.4) is 0 Å². The van der Waals surface area contributed by atoms with Crippen LogP contribution < -0.4 is 4.74 Å². The predicted molar refractivity (Wildman–Crippen MR) is 96.7 cm³/mol. The van der Waals surface area contributed by atoms with Crippen LogP contribution in [0.2, 0.25) is 5.15 Å². The number of rotatable bonds is 5. The summed E-state index contributed by atoms with van der Waals surface area (Å²) in [5.41, 5.74) is -0.393. The first kappa shape index (κ1) is 18.4. The summed E-state index contributed by atoms with van der Waals surface area (Å²) in [7, 11) is -3.03. The predicted octanol–water partition coefficient (Wildman–Crippen LogP) is 2.86. The number of hydrogen-bond acceptors (Lipinski definition) is 6. The zero-order chi connectivity index (χ0) is 18.4. The van der Waals surface area contributed by atoms with Gasteiger partial charge < -0.3 is 9.84 Å². The second kappa shape index (κ2) is 6.37. The number of nitrogens with zero attached hydrogens (tertiary/aromatic N) is 2. The van der Waals surface area contributed by atoms with Crippen molar-refractivity contribution in [3.05, 3.63) is 29.2 Å². The Bertz CT molecular complexity index is 908. The van der Waals surface area contributed by atoms with E-state index in [1.807, 2.05) is 6.92 Å². The van der Waals surface area contributed by atoms with Gasteiger partial charge >= 0.3 is 0 Å². The van der Waals surface area contributed by atoms with E-state index >= 15 is 0 Å². The van der Waals surface area contributed by atoms with Crippen LogP contribution >= 0.6 is 11.6 Å². The monoisotopic (exact) mass is 384 g/mol. The molecule has 1 atom stereocenters. The second-order valence-corrected chi connectivity index (χ2v) is 9.53. The fourth-order valence-corrected chi connectivity index (χ4v) is 4.21. The molecule has 1 aliphatic rings. The van der Waals surface area contributed by atoms with Crippen molar-refractivity contribution in [3.63, 3.8) is 0 Å². The fraction of sp³-hybridized carbons (Fsp3) is 0.529. The van der Waals surface area contributed by atoms with Crippen LogP contribution in [0.4, 0.5) is 0 Å². The van der Waals surface area contributed by atoms with Gasteiger partial charge in [-0.05, 0) is 24.8 Å². The number of pyridine rings is 2. The van der Waals surface area contributed by atoms with E-state index in [9.17, 15) is 13.5 Å². The van der Waals surface area contributed by atoms with Crippen molar-refractivity contribution in [1.29, 1.82) is 0 Å². The van der Waals surface area contributed by atoms with E-state index < -0.39 is 15.4 Å². The summed E-state index contributed by atoms with van der Waals surface area (Å²) in [6, 6.07) is 1.69. The minimum atomic E-state index is -3.03. The van der Waals surface area contributed by atoms with Crippen LogP contribution in [0.1, 0.15) is 38.7 Å². The lowest BCUT2D eigenvalue weighted by molar-refractivity contribution is 0.0541. The van der Waals surface area contributed by atoms with Crippen molar-refractivity contribution in [3.8, 4) is 5.88 Å². The number of fused-ring (bicyclic) bond motifs is 1. The molecule has 1 saturated carbocycles. The van der Waals surface area contributed by atoms with Gasteiger partial charge in [0.05, 0.1) is 16.2 Å². The van der Waals surface area contributed by atoms with Gasteiger partial charge in [-0.2, -0.15) is 0 Å². The van der Waals surface area contributed by atoms with E-state index in [4.69, 9.17) is 16.3 Å². The number of ether oxygens (including phenoxy) is 1. The highest BCUT2D eigenvalue weighted by Gasteiger charge is 2.38. The molecule has 3 rings (SSSR count). The van der Waals surface area contributed by atoms with Crippen LogP contribution in [-0.4, -0.2) is 41.1 Å². The van der Waals surface area contributed by atoms with E-state index in [1.54, 1.807) is 25.4 Å². The minimum Gasteiger partial charge on any atom is -0.474 e. The third-order valence-corrected chi connectivity index (χ3v) is 6.71. The van der Waals surface area contributed by atoms with E-state index in [0.717, 1.165) is 5.39 Å². The van der Waals surface area contributed by atoms with E-state index in [0.29, 0.717) is 41.2 Å². The number of hydrogen-bond donors (Lipinski definition) is 1. The molecule has 6 nitrogen and oxygen atoms in total. The van der Waals surface area contributed by atoms with Gasteiger partial charge in [0, 0.05) is 37.1 Å². The molecule has 0 aromatic carbocycles. The highest BCUT2D eigenvalue weighted by molar-refractivity contribution is 7.91. The highest BCUT2D eigenvalue weighted by atomic mass is 35.5. The van der Waals surface area contributed by atoms with Crippen LogP contribution in [0, 0.1) is 0 Å². The maximum Gasteiger partial charge on any atom is 0.223 e. The lowest BCUT2D eigenvalue weighted by Gasteiger charge is -2.34. The molecule has 0 unspecified atom stereocenters. The van der Waals surface area contributed by atoms with Crippen LogP contribution in [0.25, 0.3) is 10.8 Å². The molecule has 0 radical (unpaired) electrons. The molecule has 1 fully saturated rings. The van der Waals surface area contributed by atoms with E-state index in [-0.39, 0.29) is 11.4 Å². The first-order valence-electron chi connectivity index (χ1n) is 8.14. The van der Waals surface area contributed by atoms with Crippen molar-refractivity contribution < 1.29 is 18.3 Å². The number of aliphatic hydroxyl groups is 1. The third-order valence-electron chi connectivity index (χ3n) is 4.91. The van der Waals surface area contributed by atoms with Gasteiger partial charge in [0.25, 0.3) is 0 Å². The van der Waals surface area contributed by atoms with Gasteiger partial charge in [0.15, 0.2) is 9.84 Å². The summed E-state index contributed by atoms with van der Waals surface area (Å²) >= 11 is 6.03. The van der Waals surface area contributed by atoms with Crippen molar-refractivity contribution in [1.82, 2.24) is 9.97 Å². The highest BCUT2D eigenvalue weighted by Crippen LogP contribution is 2.37. The summed E-state index contributed by atoms with van der Waals surface area (Å²) in [6.45, 7) is 3.61. The lowest BCUT2D eigenvalue weighted by atomic mass is 9.91. The molecule has 1 N–H and O–H groups in total. The van der Waals surface area contributed by atoms with Gasteiger partial charge in [-0.25, -0.2) is 18.4 Å². The molecule has 0 saturated heterocycles. The first-order chi connectivity index (χ1) is 11.6. The van der Waals surface area contributed by atoms with Gasteiger partial charge in [0.1, 0.15) is 11.3 Å². The number of sulfone groups is 1. The molecule has 2 aromatic rings. The molecule has 0 amide bonds. The molecular weight excluding hydrogens is 364 g/mol. The van der Waals surface area contributed by atoms with Crippen molar-refractivity contribution in [2.75, 3.05) is 6.26 Å². The molecule has 0 aliphatic heterocycles. The lowest BCUT2D eigenvalue weighted by Crippen LogP contribution is -2.42. The summed E-state index contributed by atoms with van der Waals surface area (Å²) in [5.74, 6) is 0.381. The van der Waals surface area contributed by atoms with Gasteiger partial charge in [-0.1, -0.05) is 18.5 Å². The molecule has 2 heterocycles. The molecule has 136 valence electrons. The van der Waals surface area contributed by atoms with Gasteiger partial charge in [0.2, 0.25) is 5.88 Å². The van der Waals surface area contributed by atoms with E-state index in [2.05, 4.69) is 9.97 Å². The van der Waals surface area contributed by atoms with Crippen LogP contribution in [-0.2, 0) is 15.4 Å². The summed E-state index contributed by atoms with van der Waals surface area (Å²) in [4.78, 5) is 8.44. The van der Waals surface area contributed by atoms with Crippen molar-refractivity contribution in [2.45, 2.75) is 50.1 Å². The molecule has 8 heteroatoms. The Morgan fingerprint density at radius 2 is 2.00 bits per heavy atom. The summed E-state index contributed by atoms with van der Waals surface area (Å²) < 4.78 is 28.9. The molecular formula is C17H21ClN2O4S. The molecule has 0 spiro atoms. The maximum absolute atomic E-state index is 11.5. The zero-order valence-corrected chi connectivity index (χ0v) is 15.9. The van der Waals surface area contributed by atoms with Crippen LogP contribution in [0.15, 0.2) is 18.5 Å². The van der Waals surface area contributed by atoms with Gasteiger partial charge in [-0.15, -0.1) is 0 Å². The Hall–Kier alpha value is -1.44. The average Bonchev–Trinajstić information content (AvgIpc) is 2.48. The summed E-state index contributed by atoms with van der Waals surface area (Å²) in [5, 5.41) is 12.0. The number of halogens is 1.